The van der Waals surface area contributed by atoms with E-state index in [0.717, 1.165) is 16.4 Å². The Hall–Kier alpha value is -2.70. The zero-order valence-corrected chi connectivity index (χ0v) is 19.0. The fraction of sp³-hybridized carbons (Fsp3) is 0.333. The number of benzene rings is 2. The number of imide groups is 1. The number of hydrogen-bond donors (Lipinski definition) is 0. The van der Waals surface area contributed by atoms with Gasteiger partial charge in [-0.25, -0.2) is 5.01 Å². The summed E-state index contributed by atoms with van der Waals surface area (Å²) in [6.45, 7) is 1.57. The molecule has 0 N–H and O–H groups in total. The van der Waals surface area contributed by atoms with Gasteiger partial charge >= 0.3 is 0 Å². The summed E-state index contributed by atoms with van der Waals surface area (Å²) in [6, 6.07) is 12.6. The number of carbonyl (C=O) groups is 4. The van der Waals surface area contributed by atoms with Gasteiger partial charge in [0.25, 0.3) is 17.7 Å². The first kappa shape index (κ1) is 22.5. The van der Waals surface area contributed by atoms with Crippen LogP contribution in [0.3, 0.4) is 0 Å². The molecule has 3 amide bonds. The molecule has 32 heavy (non-hydrogen) atoms. The first-order valence-electron chi connectivity index (χ1n) is 10.5. The van der Waals surface area contributed by atoms with Crippen molar-refractivity contribution in [1.82, 2.24) is 10.0 Å². The lowest BCUT2D eigenvalue weighted by Gasteiger charge is -2.30. The molecule has 0 spiro atoms. The molecule has 4 rings (SSSR count). The molecule has 0 aromatic heterocycles. The summed E-state index contributed by atoms with van der Waals surface area (Å²) in [6.07, 6.45) is 2.02. The number of carbonyl (C=O) groups excluding carboxylic acids is 4. The zero-order chi connectivity index (χ0) is 23.0. The van der Waals surface area contributed by atoms with Gasteiger partial charge in [0, 0.05) is 10.6 Å². The van der Waals surface area contributed by atoms with Crippen molar-refractivity contribution in [2.24, 2.45) is 17.8 Å². The summed E-state index contributed by atoms with van der Waals surface area (Å²) in [5.74, 6) is -2.59. The number of fused-ring (bicyclic) bond motifs is 1. The van der Waals surface area contributed by atoms with Gasteiger partial charge in [0.2, 0.25) is 0 Å². The van der Waals surface area contributed by atoms with Crippen LogP contribution in [0.4, 0.5) is 0 Å². The van der Waals surface area contributed by atoms with Crippen LogP contribution in [-0.4, -0.2) is 40.1 Å². The molecule has 0 bridgehead atoms. The maximum Gasteiger partial charge on any atom is 0.274 e. The molecule has 2 aliphatic rings. The molecule has 1 aliphatic heterocycles. The largest absolute Gasteiger partial charge is 0.292 e. The average molecular weight is 473 g/mol. The van der Waals surface area contributed by atoms with Crippen molar-refractivity contribution in [1.29, 1.82) is 0 Å². The standard InChI is InChI=1S/C24H22Cl2N2O4/c1-14-6-11-17-19(12-14)24(32)28(23(17)31)27(22(30)18-4-2-3-5-20(18)26)13-21(29)15-7-9-16(25)10-8-15/h2-5,7-10,14,17,19H,6,11-13H2,1H3/t14-,17+,19+/m1/s1. The average Bonchev–Trinajstić information content (AvgIpc) is 3.01. The Labute approximate surface area is 196 Å². The van der Waals surface area contributed by atoms with E-state index in [2.05, 4.69) is 0 Å². The van der Waals surface area contributed by atoms with Gasteiger partial charge in [0.15, 0.2) is 5.78 Å². The molecule has 1 heterocycles. The van der Waals surface area contributed by atoms with Gasteiger partial charge in [-0.15, -0.1) is 0 Å². The monoisotopic (exact) mass is 472 g/mol. The third-order valence-electron chi connectivity index (χ3n) is 6.20. The molecule has 1 saturated heterocycles. The molecule has 166 valence electrons. The van der Waals surface area contributed by atoms with Gasteiger partial charge in [-0.2, -0.15) is 5.01 Å². The van der Waals surface area contributed by atoms with Crippen molar-refractivity contribution in [3.8, 4) is 0 Å². The van der Waals surface area contributed by atoms with Crippen LogP contribution in [0.1, 0.15) is 46.9 Å². The summed E-state index contributed by atoms with van der Waals surface area (Å²) >= 11 is 12.1. The number of rotatable bonds is 5. The fourth-order valence-corrected chi connectivity index (χ4v) is 4.82. The summed E-state index contributed by atoms with van der Waals surface area (Å²) < 4.78 is 0. The van der Waals surface area contributed by atoms with Gasteiger partial charge in [0.05, 0.1) is 22.4 Å². The van der Waals surface area contributed by atoms with Gasteiger partial charge in [-0.1, -0.05) is 42.3 Å². The number of halogens is 2. The highest BCUT2D eigenvalue weighted by atomic mass is 35.5. The highest BCUT2D eigenvalue weighted by Gasteiger charge is 2.52. The second-order valence-electron chi connectivity index (χ2n) is 8.39. The molecule has 3 atom stereocenters. The number of hydrazine groups is 1. The minimum Gasteiger partial charge on any atom is -0.292 e. The van der Waals surface area contributed by atoms with Crippen LogP contribution in [0.5, 0.6) is 0 Å². The highest BCUT2D eigenvalue weighted by molar-refractivity contribution is 6.34. The van der Waals surface area contributed by atoms with E-state index in [1.54, 1.807) is 30.3 Å². The molecule has 2 aromatic rings. The molecule has 1 saturated carbocycles. The lowest BCUT2D eigenvalue weighted by atomic mass is 9.76. The Morgan fingerprint density at radius 1 is 0.969 bits per heavy atom. The number of hydrogen-bond acceptors (Lipinski definition) is 4. The van der Waals surface area contributed by atoms with Crippen molar-refractivity contribution in [3.63, 3.8) is 0 Å². The van der Waals surface area contributed by atoms with E-state index in [9.17, 15) is 19.2 Å². The number of amides is 3. The minimum absolute atomic E-state index is 0.113. The Balaban J connectivity index is 1.70. The smallest absolute Gasteiger partial charge is 0.274 e. The molecule has 0 radical (unpaired) electrons. The normalized spacial score (nSPS) is 22.6. The molecule has 1 aliphatic carbocycles. The van der Waals surface area contributed by atoms with E-state index >= 15 is 0 Å². The maximum absolute atomic E-state index is 13.5. The van der Waals surface area contributed by atoms with Crippen molar-refractivity contribution in [2.75, 3.05) is 6.54 Å². The van der Waals surface area contributed by atoms with Gasteiger partial charge in [0.1, 0.15) is 6.54 Å². The first-order chi connectivity index (χ1) is 15.3. The second kappa shape index (κ2) is 9.04. The highest BCUT2D eigenvalue weighted by Crippen LogP contribution is 2.41. The van der Waals surface area contributed by atoms with E-state index < -0.39 is 41.9 Å². The lowest BCUT2D eigenvalue weighted by Crippen LogP contribution is -2.52. The van der Waals surface area contributed by atoms with Crippen molar-refractivity contribution < 1.29 is 19.2 Å². The molecule has 8 heteroatoms. The maximum atomic E-state index is 13.5. The summed E-state index contributed by atoms with van der Waals surface area (Å²) in [7, 11) is 0. The topological polar surface area (TPSA) is 74.8 Å². The predicted octanol–water partition coefficient (Wildman–Crippen LogP) is 4.65. The van der Waals surface area contributed by atoms with E-state index in [-0.39, 0.29) is 10.6 Å². The predicted molar refractivity (Wildman–Crippen MR) is 120 cm³/mol. The zero-order valence-electron chi connectivity index (χ0n) is 17.5. The number of Topliss-reactive ketones (excluding diaryl/α,β-unsaturated/α-hetero) is 1. The van der Waals surface area contributed by atoms with E-state index in [1.807, 2.05) is 6.92 Å². The fourth-order valence-electron chi connectivity index (χ4n) is 4.48. The van der Waals surface area contributed by atoms with E-state index in [1.165, 1.54) is 18.2 Å². The van der Waals surface area contributed by atoms with Crippen molar-refractivity contribution in [2.45, 2.75) is 26.2 Å². The van der Waals surface area contributed by atoms with Crippen LogP contribution in [0.25, 0.3) is 0 Å². The van der Waals surface area contributed by atoms with Crippen LogP contribution < -0.4 is 0 Å². The Morgan fingerprint density at radius 2 is 1.62 bits per heavy atom. The third kappa shape index (κ3) is 4.17. The van der Waals surface area contributed by atoms with Gasteiger partial charge < -0.3 is 0 Å². The molecule has 6 nitrogen and oxygen atoms in total. The third-order valence-corrected chi connectivity index (χ3v) is 6.79. The Bertz CT molecular complexity index is 1090. The molecule has 2 fully saturated rings. The second-order valence-corrected chi connectivity index (χ2v) is 9.24. The molecular formula is C24H22Cl2N2O4. The van der Waals surface area contributed by atoms with Crippen LogP contribution in [-0.2, 0) is 9.59 Å². The number of ketones is 1. The molecule has 2 aromatic carbocycles. The summed E-state index contributed by atoms with van der Waals surface area (Å²) in [4.78, 5) is 53.0. The number of nitrogens with zero attached hydrogens (tertiary/aromatic N) is 2. The van der Waals surface area contributed by atoms with E-state index in [0.29, 0.717) is 29.3 Å². The van der Waals surface area contributed by atoms with Gasteiger partial charge in [-0.05, 0) is 61.6 Å². The van der Waals surface area contributed by atoms with Crippen LogP contribution in [0.15, 0.2) is 48.5 Å². The Morgan fingerprint density at radius 3 is 2.31 bits per heavy atom. The van der Waals surface area contributed by atoms with Gasteiger partial charge in [-0.3, -0.25) is 19.2 Å². The summed E-state index contributed by atoms with van der Waals surface area (Å²) in [5, 5.41) is 2.47. The van der Waals surface area contributed by atoms with Crippen molar-refractivity contribution >= 4 is 46.7 Å². The lowest BCUT2D eigenvalue weighted by molar-refractivity contribution is -0.154. The van der Waals surface area contributed by atoms with Crippen LogP contribution in [0, 0.1) is 17.8 Å². The van der Waals surface area contributed by atoms with E-state index in [4.69, 9.17) is 23.2 Å². The summed E-state index contributed by atoms with van der Waals surface area (Å²) in [5.41, 5.74) is 0.429. The van der Waals surface area contributed by atoms with Crippen molar-refractivity contribution in [3.05, 3.63) is 69.7 Å². The SMILES string of the molecule is C[C@@H]1CC[C@@H]2C(=O)N(N(CC(=O)c3ccc(Cl)cc3)C(=O)c3ccccc3Cl)C(=O)[C@H]2C1. The Kier molecular flexibility index (Phi) is 6.35. The van der Waals surface area contributed by atoms with Crippen LogP contribution >= 0.6 is 23.2 Å². The molecular weight excluding hydrogens is 451 g/mol. The quantitative estimate of drug-likeness (QED) is 0.468. The molecule has 0 unspecified atom stereocenters. The first-order valence-corrected chi connectivity index (χ1v) is 11.3. The minimum atomic E-state index is -0.675. The van der Waals surface area contributed by atoms with Crippen LogP contribution in [0.2, 0.25) is 10.0 Å².